The van der Waals surface area contributed by atoms with Crippen LogP contribution in [-0.2, 0) is 9.53 Å². The van der Waals surface area contributed by atoms with Crippen molar-refractivity contribution in [2.75, 3.05) is 13.2 Å². The van der Waals surface area contributed by atoms with Gasteiger partial charge in [-0.2, -0.15) is 0 Å². The van der Waals surface area contributed by atoms with E-state index in [4.69, 9.17) is 9.84 Å². The first-order valence-electron chi connectivity index (χ1n) is 9.05. The monoisotopic (exact) mass is 338 g/mol. The van der Waals surface area contributed by atoms with Crippen LogP contribution in [0.5, 0.6) is 0 Å². The summed E-state index contributed by atoms with van der Waals surface area (Å²) in [5.74, 6) is 0.314. The summed E-state index contributed by atoms with van der Waals surface area (Å²) in [5, 5.41) is 19.4. The number of carbonyl (C=O) groups excluding carboxylic acids is 1. The van der Waals surface area contributed by atoms with E-state index in [-0.39, 0.29) is 18.3 Å². The molecule has 0 aromatic carbocycles. The highest BCUT2D eigenvalue weighted by molar-refractivity contribution is 5.82. The molecule has 0 aromatic rings. The highest BCUT2D eigenvalue weighted by Crippen LogP contribution is 2.31. The summed E-state index contributed by atoms with van der Waals surface area (Å²) in [5.41, 5.74) is 1.64. The van der Waals surface area contributed by atoms with E-state index in [2.05, 4.69) is 0 Å². The van der Waals surface area contributed by atoms with Crippen molar-refractivity contribution in [2.24, 2.45) is 5.92 Å². The number of aliphatic hydroxyl groups is 2. The van der Waals surface area contributed by atoms with Gasteiger partial charge in [-0.05, 0) is 58.4 Å². The molecule has 1 fully saturated rings. The maximum absolute atomic E-state index is 12.1. The number of carbonyl (C=O) groups is 1. The average Bonchev–Trinajstić information content (AvgIpc) is 2.66. The Morgan fingerprint density at radius 2 is 2.17 bits per heavy atom. The second-order valence-corrected chi connectivity index (χ2v) is 7.45. The number of Topliss-reactive ketones (excluding diaryl/α,β-unsaturated/α-hetero) is 1. The lowest BCUT2D eigenvalue weighted by Gasteiger charge is -2.33. The number of hydrogen-bond donors (Lipinski definition) is 2. The Labute approximate surface area is 146 Å². The molecule has 138 valence electrons. The van der Waals surface area contributed by atoms with E-state index in [1.54, 1.807) is 6.08 Å². The highest BCUT2D eigenvalue weighted by Gasteiger charge is 2.35. The molecular formula is C20H34O4. The van der Waals surface area contributed by atoms with Gasteiger partial charge in [0.05, 0.1) is 24.9 Å². The van der Waals surface area contributed by atoms with Gasteiger partial charge in [0, 0.05) is 12.3 Å². The Morgan fingerprint density at radius 1 is 1.46 bits per heavy atom. The molecule has 1 saturated heterocycles. The van der Waals surface area contributed by atoms with Crippen LogP contribution in [0.15, 0.2) is 23.3 Å². The third kappa shape index (κ3) is 6.88. The van der Waals surface area contributed by atoms with Crippen molar-refractivity contribution in [1.29, 1.82) is 0 Å². The number of allylic oxidation sites excluding steroid dienone is 2. The van der Waals surface area contributed by atoms with Crippen LogP contribution in [0.2, 0.25) is 0 Å². The molecule has 0 saturated carbocycles. The Balaban J connectivity index is 2.48. The molecule has 1 aliphatic rings. The molecule has 0 spiro atoms. The van der Waals surface area contributed by atoms with E-state index in [1.807, 2.05) is 33.8 Å². The first-order chi connectivity index (χ1) is 11.3. The quantitative estimate of drug-likeness (QED) is 0.664. The van der Waals surface area contributed by atoms with Crippen LogP contribution in [0.3, 0.4) is 0 Å². The lowest BCUT2D eigenvalue weighted by Crippen LogP contribution is -2.41. The average molecular weight is 338 g/mol. The van der Waals surface area contributed by atoms with Gasteiger partial charge in [-0.3, -0.25) is 4.79 Å². The number of ether oxygens (including phenoxy) is 1. The molecule has 4 heteroatoms. The summed E-state index contributed by atoms with van der Waals surface area (Å²) in [6, 6.07) is 0. The van der Waals surface area contributed by atoms with Gasteiger partial charge in [0.1, 0.15) is 5.78 Å². The van der Waals surface area contributed by atoms with Crippen LogP contribution >= 0.6 is 0 Å². The zero-order valence-corrected chi connectivity index (χ0v) is 15.7. The van der Waals surface area contributed by atoms with Crippen LogP contribution in [0.1, 0.15) is 66.2 Å². The smallest absolute Gasteiger partial charge is 0.139 e. The molecule has 0 amide bonds. The SMILES string of the molecule is CC(C)=CCC(=O)[C@H](C)CCC[C@]1(C)OC/C(=C/CO)CC[C@H]1O. The van der Waals surface area contributed by atoms with E-state index in [1.165, 1.54) is 5.57 Å². The first-order valence-corrected chi connectivity index (χ1v) is 9.05. The van der Waals surface area contributed by atoms with Crippen molar-refractivity contribution in [3.05, 3.63) is 23.3 Å². The van der Waals surface area contributed by atoms with Gasteiger partial charge in [-0.15, -0.1) is 0 Å². The summed E-state index contributed by atoms with van der Waals surface area (Å²) in [6.07, 6.45) is 7.56. The third-order valence-electron chi connectivity index (χ3n) is 4.98. The Hall–Kier alpha value is -0.970. The van der Waals surface area contributed by atoms with Crippen LogP contribution in [-0.4, -0.2) is 40.9 Å². The number of ketones is 1. The van der Waals surface area contributed by atoms with Gasteiger partial charge in [-0.1, -0.05) is 24.6 Å². The maximum Gasteiger partial charge on any atom is 0.139 e. The molecule has 2 N–H and O–H groups in total. The first kappa shape index (κ1) is 21.1. The molecule has 4 nitrogen and oxygen atoms in total. The predicted molar refractivity (Wildman–Crippen MR) is 96.8 cm³/mol. The normalized spacial score (nSPS) is 27.6. The van der Waals surface area contributed by atoms with Crippen molar-refractivity contribution in [3.8, 4) is 0 Å². The van der Waals surface area contributed by atoms with E-state index in [0.29, 0.717) is 19.4 Å². The van der Waals surface area contributed by atoms with Crippen LogP contribution in [0, 0.1) is 5.92 Å². The summed E-state index contributed by atoms with van der Waals surface area (Å²) in [4.78, 5) is 12.1. The second-order valence-electron chi connectivity index (χ2n) is 7.45. The van der Waals surface area contributed by atoms with Crippen molar-refractivity contribution in [3.63, 3.8) is 0 Å². The minimum Gasteiger partial charge on any atom is -0.392 e. The standard InChI is InChI=1S/C20H34O4/c1-15(2)7-9-18(22)16(3)6-5-12-20(4)19(23)10-8-17(11-13-21)14-24-20/h7,11,16,19,21,23H,5-6,8-10,12-14H2,1-4H3/b17-11+/t16-,19-,20+/m1/s1. The molecule has 1 heterocycles. The Morgan fingerprint density at radius 3 is 2.79 bits per heavy atom. The van der Waals surface area contributed by atoms with E-state index in [0.717, 1.165) is 31.3 Å². The van der Waals surface area contributed by atoms with Gasteiger partial charge < -0.3 is 14.9 Å². The van der Waals surface area contributed by atoms with Crippen LogP contribution in [0.4, 0.5) is 0 Å². The predicted octanol–water partition coefficient (Wildman–Crippen LogP) is 3.57. The molecule has 1 rings (SSSR count). The minimum absolute atomic E-state index is 0.0107. The van der Waals surface area contributed by atoms with Crippen LogP contribution < -0.4 is 0 Å². The van der Waals surface area contributed by atoms with Gasteiger partial charge >= 0.3 is 0 Å². The zero-order chi connectivity index (χ0) is 18.2. The van der Waals surface area contributed by atoms with Gasteiger partial charge in [-0.25, -0.2) is 0 Å². The van der Waals surface area contributed by atoms with Crippen molar-refractivity contribution in [1.82, 2.24) is 0 Å². The summed E-state index contributed by atoms with van der Waals surface area (Å²) < 4.78 is 5.97. The second kappa shape index (κ2) is 10.1. The lowest BCUT2D eigenvalue weighted by atomic mass is 9.87. The van der Waals surface area contributed by atoms with Crippen molar-refractivity contribution in [2.45, 2.75) is 77.9 Å². The molecule has 24 heavy (non-hydrogen) atoms. The topological polar surface area (TPSA) is 66.8 Å². The summed E-state index contributed by atoms with van der Waals surface area (Å²) >= 11 is 0. The molecule has 0 aromatic heterocycles. The van der Waals surface area contributed by atoms with Gasteiger partial charge in [0.25, 0.3) is 0 Å². The highest BCUT2D eigenvalue weighted by atomic mass is 16.5. The van der Waals surface area contributed by atoms with Gasteiger partial charge in [0.2, 0.25) is 0 Å². The fourth-order valence-corrected chi connectivity index (χ4v) is 3.01. The summed E-state index contributed by atoms with van der Waals surface area (Å²) in [6.45, 7) is 8.41. The molecule has 0 aliphatic carbocycles. The zero-order valence-electron chi connectivity index (χ0n) is 15.7. The van der Waals surface area contributed by atoms with E-state index < -0.39 is 11.7 Å². The number of rotatable bonds is 8. The van der Waals surface area contributed by atoms with E-state index >= 15 is 0 Å². The molecule has 3 atom stereocenters. The fraction of sp³-hybridized carbons (Fsp3) is 0.750. The fourth-order valence-electron chi connectivity index (χ4n) is 3.01. The molecular weight excluding hydrogens is 304 g/mol. The molecule has 0 unspecified atom stereocenters. The van der Waals surface area contributed by atoms with Crippen LogP contribution in [0.25, 0.3) is 0 Å². The Kier molecular flexibility index (Phi) is 8.88. The summed E-state index contributed by atoms with van der Waals surface area (Å²) in [7, 11) is 0. The minimum atomic E-state index is -0.576. The number of hydrogen-bond acceptors (Lipinski definition) is 4. The third-order valence-corrected chi connectivity index (χ3v) is 4.98. The van der Waals surface area contributed by atoms with E-state index in [9.17, 15) is 9.90 Å². The van der Waals surface area contributed by atoms with Gasteiger partial charge in [0.15, 0.2) is 0 Å². The molecule has 0 bridgehead atoms. The van der Waals surface area contributed by atoms with Crippen molar-refractivity contribution < 1.29 is 19.7 Å². The Bertz CT molecular complexity index is 462. The maximum atomic E-state index is 12.1. The molecule has 1 aliphatic heterocycles. The number of aliphatic hydroxyl groups excluding tert-OH is 2. The lowest BCUT2D eigenvalue weighted by molar-refractivity contribution is -0.122. The van der Waals surface area contributed by atoms with Crippen molar-refractivity contribution >= 4 is 5.78 Å². The molecule has 0 radical (unpaired) electrons. The largest absolute Gasteiger partial charge is 0.392 e.